The zero-order chi connectivity index (χ0) is 15.2. The Morgan fingerprint density at radius 1 is 1.05 bits per heavy atom. The van der Waals surface area contributed by atoms with Crippen LogP contribution in [-0.4, -0.2) is 23.5 Å². The standard InChI is InChI=1S/C17H18O4/c1-2-21-16-11-10-13(12-6-3-4-7-14(12)16)15(18)8-5-9-17(19)20/h3-4,6-7,10-11H,2,5,8-9H2,1H3,(H,19,20). The van der Waals surface area contributed by atoms with E-state index in [1.54, 1.807) is 12.1 Å². The Bertz CT molecular complexity index is 661. The van der Waals surface area contributed by atoms with Crippen LogP contribution in [0.3, 0.4) is 0 Å². The Labute approximate surface area is 123 Å². The number of rotatable bonds is 7. The molecule has 0 saturated heterocycles. The molecule has 0 radical (unpaired) electrons. The van der Waals surface area contributed by atoms with Crippen LogP contribution in [0, 0.1) is 0 Å². The first-order chi connectivity index (χ1) is 10.1. The maximum Gasteiger partial charge on any atom is 0.303 e. The number of benzene rings is 2. The van der Waals surface area contributed by atoms with Gasteiger partial charge in [0.15, 0.2) is 5.78 Å². The van der Waals surface area contributed by atoms with E-state index in [1.807, 2.05) is 31.2 Å². The highest BCUT2D eigenvalue weighted by molar-refractivity contribution is 6.09. The number of carboxylic acid groups (broad SMARTS) is 1. The molecule has 4 heteroatoms. The van der Waals surface area contributed by atoms with E-state index in [1.165, 1.54) is 0 Å². The quantitative estimate of drug-likeness (QED) is 0.789. The van der Waals surface area contributed by atoms with E-state index >= 15 is 0 Å². The number of carbonyl (C=O) groups excluding carboxylic acids is 1. The van der Waals surface area contributed by atoms with Crippen LogP contribution in [0.25, 0.3) is 10.8 Å². The van der Waals surface area contributed by atoms with Crippen LogP contribution < -0.4 is 4.74 Å². The number of Topliss-reactive ketones (excluding diaryl/α,β-unsaturated/α-hetero) is 1. The van der Waals surface area contributed by atoms with Gasteiger partial charge in [-0.15, -0.1) is 0 Å². The summed E-state index contributed by atoms with van der Waals surface area (Å²) in [7, 11) is 0. The molecular weight excluding hydrogens is 268 g/mol. The summed E-state index contributed by atoms with van der Waals surface area (Å²) >= 11 is 0. The van der Waals surface area contributed by atoms with Crippen LogP contribution >= 0.6 is 0 Å². The van der Waals surface area contributed by atoms with E-state index in [0.29, 0.717) is 18.6 Å². The molecule has 4 nitrogen and oxygen atoms in total. The van der Waals surface area contributed by atoms with Gasteiger partial charge in [-0.2, -0.15) is 0 Å². The van der Waals surface area contributed by atoms with E-state index in [9.17, 15) is 9.59 Å². The van der Waals surface area contributed by atoms with Gasteiger partial charge in [-0.05, 0) is 30.9 Å². The summed E-state index contributed by atoms with van der Waals surface area (Å²) in [5, 5.41) is 10.4. The van der Waals surface area contributed by atoms with Crippen LogP contribution in [0.5, 0.6) is 5.75 Å². The fourth-order valence-corrected chi connectivity index (χ4v) is 2.33. The zero-order valence-corrected chi connectivity index (χ0v) is 12.0. The van der Waals surface area contributed by atoms with Crippen LogP contribution in [-0.2, 0) is 4.79 Å². The number of carboxylic acids is 1. The predicted molar refractivity (Wildman–Crippen MR) is 80.9 cm³/mol. The largest absolute Gasteiger partial charge is 0.493 e. The Morgan fingerprint density at radius 3 is 2.43 bits per heavy atom. The summed E-state index contributed by atoms with van der Waals surface area (Å²) in [6.07, 6.45) is 0.612. The second kappa shape index (κ2) is 6.88. The summed E-state index contributed by atoms with van der Waals surface area (Å²) < 4.78 is 5.58. The Balaban J connectivity index is 2.30. The van der Waals surface area contributed by atoms with Gasteiger partial charge in [0.05, 0.1) is 6.61 Å². The molecular formula is C17H18O4. The summed E-state index contributed by atoms with van der Waals surface area (Å²) in [6.45, 7) is 2.48. The summed E-state index contributed by atoms with van der Waals surface area (Å²) in [5.41, 5.74) is 0.624. The molecule has 2 aromatic rings. The van der Waals surface area contributed by atoms with Gasteiger partial charge in [-0.1, -0.05) is 24.3 Å². The molecule has 110 valence electrons. The lowest BCUT2D eigenvalue weighted by Crippen LogP contribution is -2.03. The topological polar surface area (TPSA) is 63.6 Å². The minimum atomic E-state index is -0.876. The number of hydrogen-bond donors (Lipinski definition) is 1. The van der Waals surface area contributed by atoms with E-state index in [4.69, 9.17) is 9.84 Å². The molecule has 0 bridgehead atoms. The number of aliphatic carboxylic acids is 1. The van der Waals surface area contributed by atoms with E-state index in [2.05, 4.69) is 0 Å². The lowest BCUT2D eigenvalue weighted by molar-refractivity contribution is -0.137. The minimum absolute atomic E-state index is 0.0146. The highest BCUT2D eigenvalue weighted by atomic mass is 16.5. The Morgan fingerprint density at radius 2 is 1.76 bits per heavy atom. The highest BCUT2D eigenvalue weighted by Gasteiger charge is 2.13. The van der Waals surface area contributed by atoms with Crippen molar-refractivity contribution in [2.75, 3.05) is 6.61 Å². The van der Waals surface area contributed by atoms with Crippen LogP contribution in [0.2, 0.25) is 0 Å². The molecule has 0 atom stereocenters. The summed E-state index contributed by atoms with van der Waals surface area (Å²) in [5.74, 6) is -0.148. The SMILES string of the molecule is CCOc1ccc(C(=O)CCCC(=O)O)c2ccccc12. The minimum Gasteiger partial charge on any atom is -0.493 e. The van der Waals surface area contributed by atoms with Crippen LogP contribution in [0.4, 0.5) is 0 Å². The molecule has 1 N–H and O–H groups in total. The third-order valence-corrected chi connectivity index (χ3v) is 3.28. The molecule has 0 amide bonds. The van der Waals surface area contributed by atoms with E-state index < -0.39 is 5.97 Å². The first-order valence-electron chi connectivity index (χ1n) is 7.03. The average molecular weight is 286 g/mol. The van der Waals surface area contributed by atoms with Gasteiger partial charge in [-0.3, -0.25) is 9.59 Å². The Kier molecular flexibility index (Phi) is 4.93. The van der Waals surface area contributed by atoms with Crippen molar-refractivity contribution in [2.45, 2.75) is 26.2 Å². The van der Waals surface area contributed by atoms with Gasteiger partial charge in [0.1, 0.15) is 5.75 Å². The monoisotopic (exact) mass is 286 g/mol. The average Bonchev–Trinajstić information content (AvgIpc) is 2.47. The van der Waals surface area contributed by atoms with Crippen LogP contribution in [0.15, 0.2) is 36.4 Å². The van der Waals surface area contributed by atoms with Crippen molar-refractivity contribution in [1.82, 2.24) is 0 Å². The first-order valence-corrected chi connectivity index (χ1v) is 7.03. The lowest BCUT2D eigenvalue weighted by Gasteiger charge is -2.11. The molecule has 0 aliphatic rings. The van der Waals surface area contributed by atoms with Gasteiger partial charge in [-0.25, -0.2) is 0 Å². The smallest absolute Gasteiger partial charge is 0.303 e. The van der Waals surface area contributed by atoms with Crippen molar-refractivity contribution in [3.05, 3.63) is 42.0 Å². The second-order valence-corrected chi connectivity index (χ2v) is 4.76. The van der Waals surface area contributed by atoms with Gasteiger partial charge in [0.25, 0.3) is 0 Å². The van der Waals surface area contributed by atoms with Crippen molar-refractivity contribution in [2.24, 2.45) is 0 Å². The molecule has 0 unspecified atom stereocenters. The van der Waals surface area contributed by atoms with Gasteiger partial charge < -0.3 is 9.84 Å². The number of ketones is 1. The molecule has 0 aromatic heterocycles. The van der Waals surface area contributed by atoms with Crippen molar-refractivity contribution in [1.29, 1.82) is 0 Å². The van der Waals surface area contributed by atoms with Crippen molar-refractivity contribution in [3.63, 3.8) is 0 Å². The van der Waals surface area contributed by atoms with Gasteiger partial charge >= 0.3 is 5.97 Å². The molecule has 0 aliphatic heterocycles. The van der Waals surface area contributed by atoms with Crippen molar-refractivity contribution < 1.29 is 19.4 Å². The van der Waals surface area contributed by atoms with E-state index in [-0.39, 0.29) is 18.6 Å². The fraction of sp³-hybridized carbons (Fsp3) is 0.294. The van der Waals surface area contributed by atoms with Crippen molar-refractivity contribution >= 4 is 22.5 Å². The lowest BCUT2D eigenvalue weighted by atomic mass is 9.98. The molecule has 2 aromatic carbocycles. The summed E-state index contributed by atoms with van der Waals surface area (Å²) in [4.78, 5) is 22.8. The zero-order valence-electron chi connectivity index (χ0n) is 12.0. The molecule has 0 spiro atoms. The van der Waals surface area contributed by atoms with Crippen LogP contribution in [0.1, 0.15) is 36.5 Å². The highest BCUT2D eigenvalue weighted by Crippen LogP contribution is 2.29. The van der Waals surface area contributed by atoms with Crippen molar-refractivity contribution in [3.8, 4) is 5.75 Å². The van der Waals surface area contributed by atoms with Gasteiger partial charge in [0.2, 0.25) is 0 Å². The van der Waals surface area contributed by atoms with E-state index in [0.717, 1.165) is 16.5 Å². The first kappa shape index (κ1) is 15.0. The fourth-order valence-electron chi connectivity index (χ4n) is 2.33. The normalized spacial score (nSPS) is 10.5. The number of ether oxygens (including phenoxy) is 1. The second-order valence-electron chi connectivity index (χ2n) is 4.76. The Hall–Kier alpha value is -2.36. The number of hydrogen-bond acceptors (Lipinski definition) is 3. The molecule has 21 heavy (non-hydrogen) atoms. The molecule has 0 heterocycles. The number of fused-ring (bicyclic) bond motifs is 1. The molecule has 0 fully saturated rings. The third kappa shape index (κ3) is 3.60. The number of carbonyl (C=O) groups is 2. The predicted octanol–water partition coefficient (Wildman–Crippen LogP) is 3.68. The maximum absolute atomic E-state index is 12.3. The summed E-state index contributed by atoms with van der Waals surface area (Å²) in [6, 6.07) is 11.2. The molecule has 0 aliphatic carbocycles. The maximum atomic E-state index is 12.3. The van der Waals surface area contributed by atoms with Gasteiger partial charge in [0, 0.05) is 23.8 Å². The molecule has 0 saturated carbocycles. The molecule has 2 rings (SSSR count). The third-order valence-electron chi connectivity index (χ3n) is 3.28.